The lowest BCUT2D eigenvalue weighted by molar-refractivity contribution is 0.907. The van der Waals surface area contributed by atoms with Gasteiger partial charge in [0.25, 0.3) is 0 Å². The average molecular weight is 225 g/mol. The van der Waals surface area contributed by atoms with Crippen LogP contribution in [0, 0.1) is 13.8 Å². The normalized spacial score (nSPS) is 14.9. The van der Waals surface area contributed by atoms with Crippen molar-refractivity contribution in [3.8, 4) is 0 Å². The van der Waals surface area contributed by atoms with Gasteiger partial charge in [0.2, 0.25) is 0 Å². The summed E-state index contributed by atoms with van der Waals surface area (Å²) in [6, 6.07) is 2.25. The Hall–Kier alpha value is -0.300. The highest BCUT2D eigenvalue weighted by Gasteiger charge is 2.16. The molecule has 0 aliphatic heterocycles. The number of hydrogen-bond acceptors (Lipinski definition) is 0. The van der Waals surface area contributed by atoms with Crippen LogP contribution in [0.1, 0.15) is 28.7 Å². The average Bonchev–Trinajstić information content (AvgIpc) is 2.48. The van der Waals surface area contributed by atoms with Crippen LogP contribution in [-0.2, 0) is 12.8 Å². The predicted octanol–water partition coefficient (Wildman–Crippen LogP) is 3.55. The van der Waals surface area contributed by atoms with E-state index in [1.165, 1.54) is 34.9 Å². The Kier molecular flexibility index (Phi) is 1.99. The van der Waals surface area contributed by atoms with Gasteiger partial charge < -0.3 is 0 Å². The molecule has 0 N–H and O–H groups in total. The Bertz CT molecular complexity index is 326. The molecule has 0 saturated heterocycles. The van der Waals surface area contributed by atoms with E-state index >= 15 is 0 Å². The monoisotopic (exact) mass is 224 g/mol. The molecule has 0 unspecified atom stereocenters. The van der Waals surface area contributed by atoms with Crippen LogP contribution in [0.5, 0.6) is 0 Å². The first-order chi connectivity index (χ1) is 5.70. The van der Waals surface area contributed by atoms with Crippen LogP contribution in [0.4, 0.5) is 0 Å². The van der Waals surface area contributed by atoms with Gasteiger partial charge in [0.15, 0.2) is 0 Å². The lowest BCUT2D eigenvalue weighted by atomic mass is 10.0. The third-order valence-corrected chi connectivity index (χ3v) is 3.67. The third kappa shape index (κ3) is 1.11. The van der Waals surface area contributed by atoms with Crippen molar-refractivity contribution in [2.24, 2.45) is 0 Å². The summed E-state index contributed by atoms with van der Waals surface area (Å²) in [6.45, 7) is 4.43. The Balaban J connectivity index is 2.69. The molecule has 0 nitrogen and oxygen atoms in total. The highest BCUT2D eigenvalue weighted by molar-refractivity contribution is 9.10. The zero-order valence-corrected chi connectivity index (χ0v) is 9.16. The van der Waals surface area contributed by atoms with Crippen molar-refractivity contribution in [2.75, 3.05) is 0 Å². The van der Waals surface area contributed by atoms with Crippen molar-refractivity contribution in [3.63, 3.8) is 0 Å². The van der Waals surface area contributed by atoms with Crippen LogP contribution in [0.2, 0.25) is 0 Å². The third-order valence-electron chi connectivity index (χ3n) is 2.85. The molecule has 0 bridgehead atoms. The molecule has 1 aromatic rings. The van der Waals surface area contributed by atoms with Gasteiger partial charge in [-0.15, -0.1) is 0 Å². The second kappa shape index (κ2) is 2.88. The van der Waals surface area contributed by atoms with Crippen molar-refractivity contribution in [3.05, 3.63) is 32.8 Å². The van der Waals surface area contributed by atoms with E-state index in [0.29, 0.717) is 0 Å². The standard InChI is InChI=1S/C11H13Br/c1-7-6-11(12)8(2)10-5-3-4-9(7)10/h6H,3-5H2,1-2H3. The van der Waals surface area contributed by atoms with Crippen LogP contribution in [-0.4, -0.2) is 0 Å². The Morgan fingerprint density at radius 1 is 1.17 bits per heavy atom. The first-order valence-corrected chi connectivity index (χ1v) is 5.27. The molecule has 1 heteroatoms. The van der Waals surface area contributed by atoms with E-state index in [1.54, 1.807) is 11.1 Å². The van der Waals surface area contributed by atoms with Gasteiger partial charge in [-0.2, -0.15) is 0 Å². The minimum atomic E-state index is 1.28. The van der Waals surface area contributed by atoms with Crippen LogP contribution in [0.15, 0.2) is 10.5 Å². The van der Waals surface area contributed by atoms with E-state index in [4.69, 9.17) is 0 Å². The van der Waals surface area contributed by atoms with Crippen LogP contribution in [0.25, 0.3) is 0 Å². The summed E-state index contributed by atoms with van der Waals surface area (Å²) in [5.41, 5.74) is 6.12. The van der Waals surface area contributed by atoms with Crippen LogP contribution in [0.3, 0.4) is 0 Å². The van der Waals surface area contributed by atoms with Gasteiger partial charge in [-0.1, -0.05) is 15.9 Å². The fraction of sp³-hybridized carbons (Fsp3) is 0.455. The van der Waals surface area contributed by atoms with Gasteiger partial charge in [0.1, 0.15) is 0 Å². The number of hydrogen-bond donors (Lipinski definition) is 0. The summed E-state index contributed by atoms with van der Waals surface area (Å²) < 4.78 is 1.28. The largest absolute Gasteiger partial charge is 0.0505 e. The zero-order valence-electron chi connectivity index (χ0n) is 7.58. The first kappa shape index (κ1) is 8.31. The molecule has 1 aromatic carbocycles. The molecule has 0 aromatic heterocycles. The summed E-state index contributed by atoms with van der Waals surface area (Å²) in [7, 11) is 0. The summed E-state index contributed by atoms with van der Waals surface area (Å²) in [5.74, 6) is 0. The van der Waals surface area contributed by atoms with Crippen molar-refractivity contribution in [1.82, 2.24) is 0 Å². The predicted molar refractivity (Wildman–Crippen MR) is 55.6 cm³/mol. The number of benzene rings is 1. The maximum atomic E-state index is 3.60. The number of halogens is 1. The number of fused-ring (bicyclic) bond motifs is 1. The lowest BCUT2D eigenvalue weighted by Gasteiger charge is -2.09. The summed E-state index contributed by atoms with van der Waals surface area (Å²) in [4.78, 5) is 0. The first-order valence-electron chi connectivity index (χ1n) is 4.47. The smallest absolute Gasteiger partial charge is 0.0210 e. The molecule has 0 spiro atoms. The molecule has 0 amide bonds. The van der Waals surface area contributed by atoms with E-state index < -0.39 is 0 Å². The van der Waals surface area contributed by atoms with Crippen LogP contribution >= 0.6 is 15.9 Å². The number of rotatable bonds is 0. The molecule has 2 rings (SSSR count). The Labute approximate surface area is 82.1 Å². The fourth-order valence-electron chi connectivity index (χ4n) is 2.12. The Morgan fingerprint density at radius 3 is 2.58 bits per heavy atom. The molecule has 0 saturated carbocycles. The Morgan fingerprint density at radius 2 is 1.83 bits per heavy atom. The molecule has 0 heterocycles. The molecule has 64 valence electrons. The van der Waals surface area contributed by atoms with Gasteiger partial charge in [0.05, 0.1) is 0 Å². The van der Waals surface area contributed by atoms with E-state index in [9.17, 15) is 0 Å². The van der Waals surface area contributed by atoms with Crippen molar-refractivity contribution in [1.29, 1.82) is 0 Å². The van der Waals surface area contributed by atoms with Crippen molar-refractivity contribution in [2.45, 2.75) is 33.1 Å². The van der Waals surface area contributed by atoms with Crippen molar-refractivity contribution < 1.29 is 0 Å². The van der Waals surface area contributed by atoms with E-state index in [2.05, 4.69) is 35.8 Å². The quantitative estimate of drug-likeness (QED) is 0.633. The second-order valence-electron chi connectivity index (χ2n) is 3.61. The topological polar surface area (TPSA) is 0 Å². The molecule has 1 aliphatic rings. The lowest BCUT2D eigenvalue weighted by Crippen LogP contribution is -1.92. The summed E-state index contributed by atoms with van der Waals surface area (Å²) in [5, 5.41) is 0. The molecule has 0 atom stereocenters. The fourth-order valence-corrected chi connectivity index (χ4v) is 2.71. The maximum Gasteiger partial charge on any atom is 0.0210 e. The zero-order chi connectivity index (χ0) is 8.72. The van der Waals surface area contributed by atoms with E-state index in [-0.39, 0.29) is 0 Å². The summed E-state index contributed by atoms with van der Waals surface area (Å²) >= 11 is 3.60. The maximum absolute atomic E-state index is 3.60. The minimum absolute atomic E-state index is 1.28. The minimum Gasteiger partial charge on any atom is -0.0505 e. The molecular formula is C11H13Br. The van der Waals surface area contributed by atoms with Crippen molar-refractivity contribution >= 4 is 15.9 Å². The molecule has 1 aliphatic carbocycles. The molecule has 12 heavy (non-hydrogen) atoms. The highest BCUT2D eigenvalue weighted by Crippen LogP contribution is 2.32. The van der Waals surface area contributed by atoms with Gasteiger partial charge in [-0.25, -0.2) is 0 Å². The summed E-state index contributed by atoms with van der Waals surface area (Å²) in [6.07, 6.45) is 3.91. The van der Waals surface area contributed by atoms with E-state index in [0.717, 1.165) is 0 Å². The van der Waals surface area contributed by atoms with Gasteiger partial charge in [-0.05, 0) is 61.4 Å². The van der Waals surface area contributed by atoms with Crippen LogP contribution < -0.4 is 0 Å². The number of aryl methyl sites for hydroxylation is 1. The highest BCUT2D eigenvalue weighted by atomic mass is 79.9. The van der Waals surface area contributed by atoms with Gasteiger partial charge in [-0.3, -0.25) is 0 Å². The molecule has 0 fully saturated rings. The molecule has 0 radical (unpaired) electrons. The molecular weight excluding hydrogens is 212 g/mol. The van der Waals surface area contributed by atoms with Gasteiger partial charge in [0, 0.05) is 4.47 Å². The van der Waals surface area contributed by atoms with Gasteiger partial charge >= 0.3 is 0 Å². The SMILES string of the molecule is Cc1cc(Br)c(C)c2c1CCC2. The van der Waals surface area contributed by atoms with E-state index in [1.807, 2.05) is 0 Å². The second-order valence-corrected chi connectivity index (χ2v) is 4.47.